The van der Waals surface area contributed by atoms with Crippen LogP contribution in [0, 0.1) is 28.9 Å². The number of likely N-dealkylation sites (tertiary alicyclic amines) is 1. The number of nitriles is 1. The first-order valence-corrected chi connectivity index (χ1v) is 12.6. The number of rotatable bonds is 5. The van der Waals surface area contributed by atoms with Crippen LogP contribution in [0.15, 0.2) is 42.5 Å². The molecule has 3 heterocycles. The first-order valence-electron chi connectivity index (χ1n) is 12.6. The predicted molar refractivity (Wildman–Crippen MR) is 138 cm³/mol. The second-order valence-corrected chi connectivity index (χ2v) is 10.5. The van der Waals surface area contributed by atoms with Gasteiger partial charge in [-0.15, -0.1) is 0 Å². The fourth-order valence-electron chi connectivity index (χ4n) is 5.28. The molecule has 3 aromatic rings. The Balaban J connectivity index is 1.44. The molecule has 3 amide bonds. The first kappa shape index (κ1) is 26.2. The zero-order valence-corrected chi connectivity index (χ0v) is 21.6. The Labute approximate surface area is 223 Å². The Morgan fingerprint density at radius 3 is 2.72 bits per heavy atom. The number of hydrogen-bond acceptors (Lipinski definition) is 5. The molecule has 2 aromatic carbocycles. The van der Waals surface area contributed by atoms with Crippen molar-refractivity contribution in [2.24, 2.45) is 5.92 Å². The molecule has 1 aromatic heterocycles. The van der Waals surface area contributed by atoms with Gasteiger partial charge in [0.1, 0.15) is 35.2 Å². The summed E-state index contributed by atoms with van der Waals surface area (Å²) in [6.07, 6.45) is 0.232. The van der Waals surface area contributed by atoms with Gasteiger partial charge in [0.05, 0.1) is 23.8 Å². The summed E-state index contributed by atoms with van der Waals surface area (Å²) >= 11 is 0. The lowest BCUT2D eigenvalue weighted by molar-refractivity contribution is -0.138. The molecule has 3 atom stereocenters. The number of nitrogens with one attached hydrogen (secondary N) is 2. The van der Waals surface area contributed by atoms with Crippen LogP contribution >= 0.6 is 0 Å². The van der Waals surface area contributed by atoms with Crippen molar-refractivity contribution in [1.82, 2.24) is 14.8 Å². The van der Waals surface area contributed by atoms with Crippen LogP contribution in [0.4, 0.5) is 14.5 Å². The van der Waals surface area contributed by atoms with Crippen molar-refractivity contribution < 1.29 is 27.9 Å². The molecule has 39 heavy (non-hydrogen) atoms. The summed E-state index contributed by atoms with van der Waals surface area (Å²) in [5.41, 5.74) is -0.847. The van der Waals surface area contributed by atoms with Crippen LogP contribution in [0.3, 0.4) is 0 Å². The van der Waals surface area contributed by atoms with Gasteiger partial charge in [-0.05, 0) is 36.6 Å². The molecule has 202 valence electrons. The number of benzene rings is 2. The standard InChI is InChI=1S/C28H27F2N5O4/c1-15(2)8-23(34(3)25(36)22-11-18-19(30)9-16(29)10-21(18)32-22)26(37)35-14-28(12-17(35)13-31)27(38)33-20-6-4-5-7-24(20)39-28/h4-7,9-11,15,17,23,32H,8,12,14H2,1-3H3,(H,33,38)/t17-,23?,28+/m0/s1. The minimum atomic E-state index is -1.45. The first-order chi connectivity index (χ1) is 18.5. The fraction of sp³-hybridized carbons (Fsp3) is 0.357. The molecule has 1 fully saturated rings. The van der Waals surface area contributed by atoms with E-state index in [1.165, 1.54) is 22.9 Å². The Bertz CT molecular complexity index is 1530. The van der Waals surface area contributed by atoms with E-state index >= 15 is 0 Å². The Hall–Kier alpha value is -4.46. The SMILES string of the molecule is CC(C)CC(C(=O)N1C[C@@]2(C[C@H]1C#N)Oc1ccccc1NC2=O)N(C)C(=O)c1cc2c(F)cc(F)cc2[nH]1. The number of hydrogen-bond donors (Lipinski definition) is 2. The summed E-state index contributed by atoms with van der Waals surface area (Å²) in [7, 11) is 1.45. The van der Waals surface area contributed by atoms with Gasteiger partial charge in [-0.1, -0.05) is 26.0 Å². The van der Waals surface area contributed by atoms with Crippen LogP contribution < -0.4 is 10.1 Å². The second kappa shape index (κ2) is 9.69. The summed E-state index contributed by atoms with van der Waals surface area (Å²) < 4.78 is 34.0. The van der Waals surface area contributed by atoms with Crippen LogP contribution in [-0.4, -0.2) is 63.8 Å². The molecular weight excluding hydrogens is 508 g/mol. The highest BCUT2D eigenvalue weighted by atomic mass is 19.1. The number of H-pyrrole nitrogens is 1. The molecule has 0 aliphatic carbocycles. The van der Waals surface area contributed by atoms with E-state index in [-0.39, 0.29) is 41.9 Å². The third-order valence-corrected chi connectivity index (χ3v) is 7.26. The minimum absolute atomic E-state index is 0.0124. The lowest BCUT2D eigenvalue weighted by Crippen LogP contribution is -2.55. The maximum atomic E-state index is 14.2. The molecule has 1 saturated heterocycles. The number of carbonyl (C=O) groups excluding carboxylic acids is 3. The quantitative estimate of drug-likeness (QED) is 0.515. The topological polar surface area (TPSA) is 119 Å². The van der Waals surface area contributed by atoms with Crippen molar-refractivity contribution in [3.8, 4) is 11.8 Å². The number of anilines is 1. The number of likely N-dealkylation sites (N-methyl/N-ethyl adjacent to an activating group) is 1. The van der Waals surface area contributed by atoms with Gasteiger partial charge in [0.2, 0.25) is 11.5 Å². The van der Waals surface area contributed by atoms with E-state index in [2.05, 4.69) is 16.4 Å². The summed E-state index contributed by atoms with van der Waals surface area (Å²) in [4.78, 5) is 45.8. The number of amides is 3. The van der Waals surface area contributed by atoms with Crippen LogP contribution in [0.1, 0.15) is 37.2 Å². The van der Waals surface area contributed by atoms with Crippen LogP contribution in [-0.2, 0) is 9.59 Å². The molecule has 5 rings (SSSR count). The van der Waals surface area contributed by atoms with Gasteiger partial charge in [-0.3, -0.25) is 14.4 Å². The van der Waals surface area contributed by atoms with E-state index in [4.69, 9.17) is 4.74 Å². The maximum Gasteiger partial charge on any atom is 0.270 e. The zero-order valence-electron chi connectivity index (χ0n) is 21.6. The minimum Gasteiger partial charge on any atom is -0.473 e. The van der Waals surface area contributed by atoms with E-state index in [1.807, 2.05) is 13.8 Å². The maximum absolute atomic E-state index is 14.2. The van der Waals surface area contributed by atoms with Gasteiger partial charge >= 0.3 is 0 Å². The second-order valence-electron chi connectivity index (χ2n) is 10.5. The van der Waals surface area contributed by atoms with E-state index in [0.29, 0.717) is 11.4 Å². The van der Waals surface area contributed by atoms with E-state index < -0.39 is 47.0 Å². The third kappa shape index (κ3) is 4.56. The van der Waals surface area contributed by atoms with Crippen molar-refractivity contribution in [3.63, 3.8) is 0 Å². The lowest BCUT2D eigenvalue weighted by atomic mass is 9.97. The monoisotopic (exact) mass is 535 g/mol. The molecule has 2 N–H and O–H groups in total. The molecular formula is C28H27F2N5O4. The average Bonchev–Trinajstić information content (AvgIpc) is 3.49. The highest BCUT2D eigenvalue weighted by Crippen LogP contribution is 2.40. The van der Waals surface area contributed by atoms with Crippen molar-refractivity contribution in [1.29, 1.82) is 5.26 Å². The largest absolute Gasteiger partial charge is 0.473 e. The molecule has 9 nitrogen and oxygen atoms in total. The van der Waals surface area contributed by atoms with Gasteiger partial charge in [0.15, 0.2) is 0 Å². The lowest BCUT2D eigenvalue weighted by Gasteiger charge is -2.35. The number of aromatic nitrogens is 1. The Morgan fingerprint density at radius 1 is 1.26 bits per heavy atom. The van der Waals surface area contributed by atoms with Crippen LogP contribution in [0.2, 0.25) is 0 Å². The van der Waals surface area contributed by atoms with Gasteiger partial charge in [0, 0.05) is 24.9 Å². The summed E-state index contributed by atoms with van der Waals surface area (Å²) in [6.45, 7) is 3.61. The summed E-state index contributed by atoms with van der Waals surface area (Å²) in [5, 5.41) is 12.8. The summed E-state index contributed by atoms with van der Waals surface area (Å²) in [6, 6.07) is 10.2. The van der Waals surface area contributed by atoms with Crippen molar-refractivity contribution >= 4 is 34.3 Å². The Morgan fingerprint density at radius 2 is 2.00 bits per heavy atom. The molecule has 11 heteroatoms. The number of ether oxygens (including phenoxy) is 1. The number of fused-ring (bicyclic) bond motifs is 2. The van der Waals surface area contributed by atoms with Crippen LogP contribution in [0.25, 0.3) is 10.9 Å². The molecule has 0 saturated carbocycles. The Kier molecular flexibility index (Phi) is 6.50. The van der Waals surface area contributed by atoms with E-state index in [1.54, 1.807) is 24.3 Å². The van der Waals surface area contributed by atoms with Crippen molar-refractivity contribution in [2.75, 3.05) is 18.9 Å². The highest BCUT2D eigenvalue weighted by molar-refractivity contribution is 6.03. The average molecular weight is 536 g/mol. The number of para-hydroxylation sites is 2. The highest BCUT2D eigenvalue weighted by Gasteiger charge is 2.56. The molecule has 2 aliphatic heterocycles. The zero-order chi connectivity index (χ0) is 28.1. The fourth-order valence-corrected chi connectivity index (χ4v) is 5.28. The molecule has 1 unspecified atom stereocenters. The molecule has 0 bridgehead atoms. The number of aromatic amines is 1. The number of halogens is 2. The van der Waals surface area contributed by atoms with E-state index in [0.717, 1.165) is 12.1 Å². The van der Waals surface area contributed by atoms with Crippen LogP contribution in [0.5, 0.6) is 5.75 Å². The van der Waals surface area contributed by atoms with Gasteiger partial charge < -0.3 is 24.8 Å². The van der Waals surface area contributed by atoms with Crippen molar-refractivity contribution in [2.45, 2.75) is 44.4 Å². The number of nitrogens with zero attached hydrogens (tertiary/aromatic N) is 3. The third-order valence-electron chi connectivity index (χ3n) is 7.26. The number of carbonyl (C=O) groups is 3. The van der Waals surface area contributed by atoms with Gasteiger partial charge in [-0.25, -0.2) is 8.78 Å². The normalized spacial score (nSPS) is 20.9. The van der Waals surface area contributed by atoms with E-state index in [9.17, 15) is 28.4 Å². The van der Waals surface area contributed by atoms with Gasteiger partial charge in [-0.2, -0.15) is 5.26 Å². The van der Waals surface area contributed by atoms with Crippen molar-refractivity contribution in [3.05, 3.63) is 59.8 Å². The summed E-state index contributed by atoms with van der Waals surface area (Å²) in [5.74, 6) is -2.74. The smallest absolute Gasteiger partial charge is 0.270 e. The molecule has 1 spiro atoms. The molecule has 0 radical (unpaired) electrons. The molecule has 2 aliphatic rings. The predicted octanol–water partition coefficient (Wildman–Crippen LogP) is 3.83. The van der Waals surface area contributed by atoms with Gasteiger partial charge in [0.25, 0.3) is 11.8 Å².